The molecule has 2 rings (SSSR count). The van der Waals surface area contributed by atoms with Crippen molar-refractivity contribution in [2.45, 2.75) is 26.5 Å². The van der Waals surface area contributed by atoms with E-state index in [0.717, 1.165) is 0 Å². The summed E-state index contributed by atoms with van der Waals surface area (Å²) < 4.78 is 10.7. The number of hydrogen-bond donors (Lipinski definition) is 1. The van der Waals surface area contributed by atoms with Gasteiger partial charge in [0.15, 0.2) is 0 Å². The molecular weight excluding hydrogens is 254 g/mol. The van der Waals surface area contributed by atoms with Crippen LogP contribution in [0.3, 0.4) is 0 Å². The van der Waals surface area contributed by atoms with Crippen LogP contribution in [0.5, 0.6) is 5.75 Å². The molecule has 0 saturated heterocycles. The van der Waals surface area contributed by atoms with Crippen LogP contribution in [0.15, 0.2) is 22.7 Å². The monoisotopic (exact) mass is 267 g/mol. The zero-order valence-electron chi connectivity index (χ0n) is 10.2. The number of hydrogen-bond acceptors (Lipinski definition) is 5. The van der Waals surface area contributed by atoms with Gasteiger partial charge in [-0.15, -0.1) is 0 Å². The van der Waals surface area contributed by atoms with Gasteiger partial charge in [-0.1, -0.05) is 16.8 Å². The van der Waals surface area contributed by atoms with Gasteiger partial charge < -0.3 is 15.0 Å². The summed E-state index contributed by atoms with van der Waals surface area (Å²) in [5.74, 6) is 1.47. The van der Waals surface area contributed by atoms with Crippen molar-refractivity contribution in [3.05, 3.63) is 29.1 Å². The summed E-state index contributed by atoms with van der Waals surface area (Å²) in [6.07, 6.45) is 0.0470. The van der Waals surface area contributed by atoms with Crippen molar-refractivity contribution < 1.29 is 9.26 Å². The fraction of sp³-hybridized carbons (Fsp3) is 0.333. The molecule has 0 fully saturated rings. The van der Waals surface area contributed by atoms with E-state index in [9.17, 15) is 0 Å². The Bertz CT molecular complexity index is 540. The third-order valence-corrected chi connectivity index (χ3v) is 2.42. The Kier molecular flexibility index (Phi) is 3.84. The van der Waals surface area contributed by atoms with Crippen molar-refractivity contribution in [1.29, 1.82) is 0 Å². The average Bonchev–Trinajstić information content (AvgIpc) is 2.79. The van der Waals surface area contributed by atoms with Gasteiger partial charge in [0.2, 0.25) is 11.7 Å². The third-order valence-electron chi connectivity index (χ3n) is 2.19. The lowest BCUT2D eigenvalue weighted by molar-refractivity contribution is 0.243. The highest BCUT2D eigenvalue weighted by Gasteiger charge is 2.14. The molecule has 0 saturated carbocycles. The van der Waals surface area contributed by atoms with E-state index >= 15 is 0 Å². The normalized spacial score (nSPS) is 10.9. The number of nitrogens with two attached hydrogens (primary N) is 1. The molecule has 0 bridgehead atoms. The van der Waals surface area contributed by atoms with Crippen molar-refractivity contribution in [2.24, 2.45) is 5.73 Å². The standard InChI is InChI=1S/C12H14ClN3O2/c1-7(2)17-10-4-3-8(13)5-9(10)12-15-11(6-14)18-16-12/h3-5,7H,6,14H2,1-2H3. The first-order valence-electron chi connectivity index (χ1n) is 5.59. The molecule has 0 aliphatic carbocycles. The molecule has 0 amide bonds. The number of halogens is 1. The number of rotatable bonds is 4. The molecule has 96 valence electrons. The Morgan fingerprint density at radius 3 is 2.83 bits per heavy atom. The molecular formula is C12H14ClN3O2. The summed E-state index contributed by atoms with van der Waals surface area (Å²) in [5, 5.41) is 4.45. The lowest BCUT2D eigenvalue weighted by Gasteiger charge is -2.12. The van der Waals surface area contributed by atoms with Gasteiger partial charge in [-0.25, -0.2) is 0 Å². The minimum absolute atomic E-state index is 0.0470. The summed E-state index contributed by atoms with van der Waals surface area (Å²) in [6, 6.07) is 5.28. The van der Waals surface area contributed by atoms with E-state index in [1.165, 1.54) is 0 Å². The van der Waals surface area contributed by atoms with Crippen LogP contribution in [-0.4, -0.2) is 16.2 Å². The van der Waals surface area contributed by atoms with E-state index in [4.69, 9.17) is 26.6 Å². The van der Waals surface area contributed by atoms with Crippen molar-refractivity contribution in [1.82, 2.24) is 10.1 Å². The second-order valence-corrected chi connectivity index (χ2v) is 4.46. The summed E-state index contributed by atoms with van der Waals surface area (Å²) in [4.78, 5) is 4.17. The van der Waals surface area contributed by atoms with Crippen molar-refractivity contribution in [3.8, 4) is 17.1 Å². The number of aromatic nitrogens is 2. The van der Waals surface area contributed by atoms with Crippen molar-refractivity contribution in [2.75, 3.05) is 0 Å². The molecule has 1 aromatic carbocycles. The smallest absolute Gasteiger partial charge is 0.240 e. The van der Waals surface area contributed by atoms with Crippen LogP contribution in [0.25, 0.3) is 11.4 Å². The Morgan fingerprint density at radius 1 is 1.44 bits per heavy atom. The Balaban J connectivity index is 2.43. The highest BCUT2D eigenvalue weighted by atomic mass is 35.5. The lowest BCUT2D eigenvalue weighted by atomic mass is 10.2. The topological polar surface area (TPSA) is 74.2 Å². The van der Waals surface area contributed by atoms with Crippen LogP contribution < -0.4 is 10.5 Å². The van der Waals surface area contributed by atoms with Crippen LogP contribution in [0.2, 0.25) is 5.02 Å². The summed E-state index contributed by atoms with van der Waals surface area (Å²) >= 11 is 5.98. The highest BCUT2D eigenvalue weighted by molar-refractivity contribution is 6.30. The first kappa shape index (κ1) is 12.9. The minimum Gasteiger partial charge on any atom is -0.490 e. The van der Waals surface area contributed by atoms with Crippen molar-refractivity contribution >= 4 is 11.6 Å². The lowest BCUT2D eigenvalue weighted by Crippen LogP contribution is -2.06. The van der Waals surface area contributed by atoms with E-state index in [-0.39, 0.29) is 12.6 Å². The molecule has 1 aromatic heterocycles. The van der Waals surface area contributed by atoms with Crippen LogP contribution in [0.1, 0.15) is 19.7 Å². The van der Waals surface area contributed by atoms with E-state index in [1.54, 1.807) is 18.2 Å². The highest BCUT2D eigenvalue weighted by Crippen LogP contribution is 2.31. The molecule has 2 aromatic rings. The zero-order chi connectivity index (χ0) is 13.1. The van der Waals surface area contributed by atoms with Gasteiger partial charge in [0.1, 0.15) is 5.75 Å². The maximum absolute atomic E-state index is 5.98. The van der Waals surface area contributed by atoms with Crippen molar-refractivity contribution in [3.63, 3.8) is 0 Å². The number of ether oxygens (including phenoxy) is 1. The average molecular weight is 268 g/mol. The molecule has 0 spiro atoms. The molecule has 0 aliphatic heterocycles. The summed E-state index contributed by atoms with van der Waals surface area (Å²) in [6.45, 7) is 4.09. The molecule has 6 heteroatoms. The molecule has 2 N–H and O–H groups in total. The maximum Gasteiger partial charge on any atom is 0.240 e. The molecule has 0 aliphatic rings. The Hall–Kier alpha value is -1.59. The molecule has 0 radical (unpaired) electrons. The molecule has 0 unspecified atom stereocenters. The first-order chi connectivity index (χ1) is 8.60. The third kappa shape index (κ3) is 2.80. The number of benzene rings is 1. The first-order valence-corrected chi connectivity index (χ1v) is 5.97. The molecule has 1 heterocycles. The van der Waals surface area contributed by atoms with Gasteiger partial charge >= 0.3 is 0 Å². The van der Waals surface area contributed by atoms with Gasteiger partial charge in [0, 0.05) is 5.02 Å². The fourth-order valence-electron chi connectivity index (χ4n) is 1.48. The predicted molar refractivity (Wildman–Crippen MR) is 68.4 cm³/mol. The van der Waals surface area contributed by atoms with Crippen LogP contribution >= 0.6 is 11.6 Å². The minimum atomic E-state index is 0.0470. The van der Waals surface area contributed by atoms with Crippen LogP contribution in [-0.2, 0) is 6.54 Å². The van der Waals surface area contributed by atoms with Gasteiger partial charge in [-0.05, 0) is 32.0 Å². The summed E-state index contributed by atoms with van der Waals surface area (Å²) in [5.41, 5.74) is 6.13. The van der Waals surface area contributed by atoms with Gasteiger partial charge in [-0.2, -0.15) is 4.98 Å². The largest absolute Gasteiger partial charge is 0.490 e. The predicted octanol–water partition coefficient (Wildman–Crippen LogP) is 2.64. The Morgan fingerprint density at radius 2 is 2.22 bits per heavy atom. The van der Waals surface area contributed by atoms with E-state index in [1.807, 2.05) is 13.8 Å². The van der Waals surface area contributed by atoms with E-state index < -0.39 is 0 Å². The molecule has 18 heavy (non-hydrogen) atoms. The Labute approximate surface area is 110 Å². The summed E-state index contributed by atoms with van der Waals surface area (Å²) in [7, 11) is 0. The fourth-order valence-corrected chi connectivity index (χ4v) is 1.65. The quantitative estimate of drug-likeness (QED) is 0.922. The molecule has 0 atom stereocenters. The number of nitrogens with zero attached hydrogens (tertiary/aromatic N) is 2. The second-order valence-electron chi connectivity index (χ2n) is 4.02. The van der Waals surface area contributed by atoms with Crippen LogP contribution in [0, 0.1) is 0 Å². The SMILES string of the molecule is CC(C)Oc1ccc(Cl)cc1-c1noc(CN)n1. The zero-order valence-corrected chi connectivity index (χ0v) is 10.9. The van der Waals surface area contributed by atoms with Gasteiger partial charge in [0.25, 0.3) is 0 Å². The van der Waals surface area contributed by atoms with E-state index in [0.29, 0.717) is 28.1 Å². The molecule has 5 nitrogen and oxygen atoms in total. The maximum atomic E-state index is 5.98. The van der Waals surface area contributed by atoms with Crippen LogP contribution in [0.4, 0.5) is 0 Å². The van der Waals surface area contributed by atoms with Gasteiger partial charge in [-0.3, -0.25) is 0 Å². The second kappa shape index (κ2) is 5.37. The van der Waals surface area contributed by atoms with E-state index in [2.05, 4.69) is 10.1 Å². The van der Waals surface area contributed by atoms with Gasteiger partial charge in [0.05, 0.1) is 18.2 Å².